The van der Waals surface area contributed by atoms with Crippen LogP contribution in [0.2, 0.25) is 0 Å². The molecule has 6 nitrogen and oxygen atoms in total. The van der Waals surface area contributed by atoms with Crippen LogP contribution in [0.15, 0.2) is 18.2 Å². The number of nitrogens with one attached hydrogen (secondary N) is 3. The number of β-amino-alcohol motifs (C(OH)–C–C–N with tert-alkyl or cyclic N) is 1. The predicted molar refractivity (Wildman–Crippen MR) is 97.8 cm³/mol. The highest BCUT2D eigenvalue weighted by Gasteiger charge is 2.14. The molecule has 0 bridgehead atoms. The van der Waals surface area contributed by atoms with Gasteiger partial charge in [0, 0.05) is 24.8 Å². The van der Waals surface area contributed by atoms with Gasteiger partial charge in [0.05, 0.1) is 0 Å². The molecule has 136 valence electrons. The summed E-state index contributed by atoms with van der Waals surface area (Å²) >= 11 is 0. The topological polar surface area (TPSA) is 82.6 Å². The molecule has 24 heavy (non-hydrogen) atoms. The maximum Gasteiger partial charge on any atom is 0.318 e. The Hall–Kier alpha value is -1.79. The quantitative estimate of drug-likeness (QED) is 0.587. The van der Waals surface area contributed by atoms with E-state index < -0.39 is 6.10 Å². The Morgan fingerprint density at radius 1 is 1.33 bits per heavy atom. The number of rotatable bonds is 8. The van der Waals surface area contributed by atoms with Crippen molar-refractivity contribution in [3.05, 3.63) is 23.8 Å². The Kier molecular flexibility index (Phi) is 8.01. The van der Waals surface area contributed by atoms with Gasteiger partial charge in [-0.1, -0.05) is 13.3 Å². The van der Waals surface area contributed by atoms with Gasteiger partial charge in [-0.15, -0.1) is 0 Å². The number of aliphatic hydroxyl groups excluding tert-OH is 1. The van der Waals surface area contributed by atoms with Crippen molar-refractivity contribution in [1.82, 2.24) is 10.6 Å². The third-order valence-electron chi connectivity index (χ3n) is 3.36. The number of ether oxygens (including phenoxy) is 1. The van der Waals surface area contributed by atoms with Gasteiger partial charge in [0.25, 0.3) is 0 Å². The molecule has 0 saturated heterocycles. The van der Waals surface area contributed by atoms with Crippen LogP contribution in [0.3, 0.4) is 0 Å². The third kappa shape index (κ3) is 7.66. The van der Waals surface area contributed by atoms with E-state index >= 15 is 0 Å². The first kappa shape index (κ1) is 20.3. The highest BCUT2D eigenvalue weighted by Crippen LogP contribution is 2.24. The number of aliphatic hydroxyl groups is 1. The summed E-state index contributed by atoms with van der Waals surface area (Å²) in [5.74, 6) is 0.745. The van der Waals surface area contributed by atoms with Crippen molar-refractivity contribution in [3.63, 3.8) is 0 Å². The fraction of sp³-hybridized carbons (Fsp3) is 0.611. The Bertz CT molecular complexity index is 527. The van der Waals surface area contributed by atoms with Crippen molar-refractivity contribution in [2.24, 2.45) is 0 Å². The second kappa shape index (κ2) is 9.49. The zero-order valence-electron chi connectivity index (χ0n) is 15.4. The molecule has 6 heteroatoms. The minimum Gasteiger partial charge on any atom is -0.491 e. The molecule has 0 fully saturated rings. The van der Waals surface area contributed by atoms with Crippen LogP contribution < -0.4 is 20.7 Å². The standard InChI is InChI=1S/C18H31N3O3/c1-6-7-13-10-14(21-17(23)19-5)8-9-16(13)24-12-15(22)11-20-18(2,3)4/h8-10,15,20,22H,6-7,11-12H2,1-5H3,(H2,19,21,23). The number of hydrogen-bond donors (Lipinski definition) is 4. The maximum atomic E-state index is 11.4. The average molecular weight is 337 g/mol. The predicted octanol–water partition coefficient (Wildman–Crippen LogP) is 2.52. The van der Waals surface area contributed by atoms with Crippen LogP contribution in [0.1, 0.15) is 39.7 Å². The zero-order chi connectivity index (χ0) is 18.2. The van der Waals surface area contributed by atoms with Gasteiger partial charge in [-0.3, -0.25) is 0 Å². The van der Waals surface area contributed by atoms with Crippen LogP contribution in [-0.4, -0.2) is 43.0 Å². The molecule has 1 atom stereocenters. The molecule has 0 aliphatic heterocycles. The number of anilines is 1. The van der Waals surface area contributed by atoms with Crippen LogP contribution in [0.25, 0.3) is 0 Å². The van der Waals surface area contributed by atoms with Crippen molar-refractivity contribution >= 4 is 11.7 Å². The molecule has 0 aromatic heterocycles. The van der Waals surface area contributed by atoms with E-state index in [0.717, 1.165) is 29.8 Å². The lowest BCUT2D eigenvalue weighted by atomic mass is 10.1. The lowest BCUT2D eigenvalue weighted by Crippen LogP contribution is -2.42. The monoisotopic (exact) mass is 337 g/mol. The van der Waals surface area contributed by atoms with Crippen LogP contribution in [0, 0.1) is 0 Å². The smallest absolute Gasteiger partial charge is 0.318 e. The first-order chi connectivity index (χ1) is 11.2. The fourth-order valence-corrected chi connectivity index (χ4v) is 2.13. The Morgan fingerprint density at radius 3 is 2.62 bits per heavy atom. The molecule has 1 aromatic rings. The number of hydrogen-bond acceptors (Lipinski definition) is 4. The number of carbonyl (C=O) groups is 1. The summed E-state index contributed by atoms with van der Waals surface area (Å²) in [5, 5.41) is 18.6. The van der Waals surface area contributed by atoms with Crippen LogP contribution >= 0.6 is 0 Å². The summed E-state index contributed by atoms with van der Waals surface area (Å²) in [5.41, 5.74) is 1.70. The van der Waals surface area contributed by atoms with Gasteiger partial charge < -0.3 is 25.8 Å². The van der Waals surface area contributed by atoms with Gasteiger partial charge >= 0.3 is 6.03 Å². The molecule has 0 aliphatic rings. The molecule has 1 rings (SSSR count). The number of amides is 2. The highest BCUT2D eigenvalue weighted by molar-refractivity contribution is 5.89. The van der Waals surface area contributed by atoms with Gasteiger partial charge in [-0.2, -0.15) is 0 Å². The molecule has 0 saturated carbocycles. The summed E-state index contributed by atoms with van der Waals surface area (Å²) < 4.78 is 5.78. The Balaban J connectivity index is 2.67. The number of urea groups is 1. The molecule has 0 spiro atoms. The van der Waals surface area contributed by atoms with E-state index in [1.807, 2.05) is 12.1 Å². The average Bonchev–Trinajstić information content (AvgIpc) is 2.51. The molecule has 0 radical (unpaired) electrons. The van der Waals surface area contributed by atoms with Gasteiger partial charge in [0.15, 0.2) is 0 Å². The van der Waals surface area contributed by atoms with Crippen molar-refractivity contribution in [2.45, 2.75) is 52.2 Å². The molecule has 0 heterocycles. The first-order valence-electron chi connectivity index (χ1n) is 8.42. The van der Waals surface area contributed by atoms with Gasteiger partial charge in [-0.05, 0) is 51.0 Å². The normalized spacial score (nSPS) is 12.6. The number of benzene rings is 1. The molecule has 0 aliphatic carbocycles. The number of carbonyl (C=O) groups excluding carboxylic acids is 1. The van der Waals surface area contributed by atoms with E-state index in [1.165, 1.54) is 0 Å². The van der Waals surface area contributed by atoms with Crippen molar-refractivity contribution in [3.8, 4) is 5.75 Å². The third-order valence-corrected chi connectivity index (χ3v) is 3.36. The van der Waals surface area contributed by atoms with Gasteiger partial charge in [-0.25, -0.2) is 4.79 Å². The Labute approximate surface area is 145 Å². The molecule has 2 amide bonds. The Morgan fingerprint density at radius 2 is 2.04 bits per heavy atom. The molecule has 4 N–H and O–H groups in total. The largest absolute Gasteiger partial charge is 0.491 e. The van der Waals surface area contributed by atoms with Gasteiger partial charge in [0.1, 0.15) is 18.5 Å². The summed E-state index contributed by atoms with van der Waals surface area (Å²) in [6.45, 7) is 8.95. The molecule has 1 unspecified atom stereocenters. The van der Waals surface area contributed by atoms with Crippen molar-refractivity contribution in [2.75, 3.05) is 25.5 Å². The second-order valence-corrected chi connectivity index (χ2v) is 6.87. The van der Waals surface area contributed by atoms with Gasteiger partial charge in [0.2, 0.25) is 0 Å². The fourth-order valence-electron chi connectivity index (χ4n) is 2.13. The lowest BCUT2D eigenvalue weighted by molar-refractivity contribution is 0.0996. The summed E-state index contributed by atoms with van der Waals surface area (Å²) in [6.07, 6.45) is 1.23. The summed E-state index contributed by atoms with van der Waals surface area (Å²) in [6, 6.07) is 5.28. The molecule has 1 aromatic carbocycles. The summed E-state index contributed by atoms with van der Waals surface area (Å²) in [7, 11) is 1.58. The second-order valence-electron chi connectivity index (χ2n) is 6.87. The van der Waals surface area contributed by atoms with Crippen molar-refractivity contribution in [1.29, 1.82) is 0 Å². The minimum absolute atomic E-state index is 0.0402. The van der Waals surface area contributed by atoms with E-state index in [0.29, 0.717) is 6.54 Å². The van der Waals surface area contributed by atoms with Crippen LogP contribution in [0.4, 0.5) is 10.5 Å². The SMILES string of the molecule is CCCc1cc(NC(=O)NC)ccc1OCC(O)CNC(C)(C)C. The lowest BCUT2D eigenvalue weighted by Gasteiger charge is -2.23. The van der Waals surface area contributed by atoms with E-state index in [-0.39, 0.29) is 18.2 Å². The summed E-state index contributed by atoms with van der Waals surface area (Å²) in [4.78, 5) is 11.4. The van der Waals surface area contributed by atoms with E-state index in [2.05, 4.69) is 43.6 Å². The van der Waals surface area contributed by atoms with E-state index in [9.17, 15) is 9.90 Å². The van der Waals surface area contributed by atoms with E-state index in [1.54, 1.807) is 13.1 Å². The minimum atomic E-state index is -0.581. The first-order valence-corrected chi connectivity index (χ1v) is 8.42. The zero-order valence-corrected chi connectivity index (χ0v) is 15.4. The van der Waals surface area contributed by atoms with Crippen molar-refractivity contribution < 1.29 is 14.6 Å². The van der Waals surface area contributed by atoms with Crippen LogP contribution in [-0.2, 0) is 6.42 Å². The van der Waals surface area contributed by atoms with E-state index in [4.69, 9.17) is 4.74 Å². The number of aryl methyl sites for hydroxylation is 1. The maximum absolute atomic E-state index is 11.4. The highest BCUT2D eigenvalue weighted by atomic mass is 16.5. The molecular formula is C18H31N3O3. The van der Waals surface area contributed by atoms with Crippen LogP contribution in [0.5, 0.6) is 5.75 Å². The molecular weight excluding hydrogens is 306 g/mol.